The van der Waals surface area contributed by atoms with Crippen molar-refractivity contribution in [3.8, 4) is 0 Å². The Bertz CT molecular complexity index is 746. The van der Waals surface area contributed by atoms with E-state index >= 15 is 0 Å². The van der Waals surface area contributed by atoms with Crippen molar-refractivity contribution in [3.05, 3.63) is 47.8 Å². The van der Waals surface area contributed by atoms with Crippen molar-refractivity contribution in [3.63, 3.8) is 0 Å². The molecule has 0 bridgehead atoms. The van der Waals surface area contributed by atoms with Crippen molar-refractivity contribution in [2.24, 2.45) is 0 Å². The Morgan fingerprint density at radius 3 is 2.79 bits per heavy atom. The topological polar surface area (TPSA) is 64.1 Å². The van der Waals surface area contributed by atoms with Gasteiger partial charge in [-0.05, 0) is 43.2 Å². The van der Waals surface area contributed by atoms with Gasteiger partial charge in [0.05, 0.1) is 6.20 Å². The van der Waals surface area contributed by atoms with Gasteiger partial charge in [0.15, 0.2) is 5.58 Å². The van der Waals surface area contributed by atoms with Crippen LogP contribution in [0.15, 0.2) is 41.1 Å². The molecule has 4 nitrogen and oxygen atoms in total. The van der Waals surface area contributed by atoms with Gasteiger partial charge in [0.1, 0.15) is 5.69 Å². The Balaban J connectivity index is 2.05. The van der Waals surface area contributed by atoms with Gasteiger partial charge in [0.2, 0.25) is 5.88 Å². The third-order valence-electron chi connectivity index (χ3n) is 3.30. The van der Waals surface area contributed by atoms with E-state index in [4.69, 9.17) is 10.2 Å². The summed E-state index contributed by atoms with van der Waals surface area (Å²) in [6, 6.07) is 8.09. The summed E-state index contributed by atoms with van der Waals surface area (Å²) in [6.45, 7) is 4.17. The lowest BCUT2D eigenvalue weighted by atomic mass is 10.1. The highest BCUT2D eigenvalue weighted by Gasteiger charge is 2.11. The lowest BCUT2D eigenvalue weighted by Crippen LogP contribution is -1.94. The van der Waals surface area contributed by atoms with Gasteiger partial charge >= 0.3 is 0 Å². The molecule has 0 unspecified atom stereocenters. The standard InChI is InChI=1S/C15H15N3O/c1-9-3-4-11(7-10(9)2)18-14-12-5-6-17-8-13(12)19-15(14)16/h3-8,18H,16H2,1-2H3. The van der Waals surface area contributed by atoms with Gasteiger partial charge in [-0.1, -0.05) is 6.07 Å². The molecule has 19 heavy (non-hydrogen) atoms. The molecule has 0 saturated carbocycles. The predicted octanol–water partition coefficient (Wildman–Crippen LogP) is 3.77. The Kier molecular flexibility index (Phi) is 2.63. The van der Waals surface area contributed by atoms with Crippen LogP contribution < -0.4 is 11.1 Å². The van der Waals surface area contributed by atoms with Crippen molar-refractivity contribution >= 4 is 28.2 Å². The van der Waals surface area contributed by atoms with Gasteiger partial charge in [-0.25, -0.2) is 0 Å². The molecule has 3 aromatic rings. The number of hydrogen-bond acceptors (Lipinski definition) is 4. The Morgan fingerprint density at radius 2 is 2.00 bits per heavy atom. The van der Waals surface area contributed by atoms with E-state index in [0.717, 1.165) is 16.8 Å². The molecule has 3 rings (SSSR count). The zero-order chi connectivity index (χ0) is 13.4. The number of aromatic nitrogens is 1. The first-order chi connectivity index (χ1) is 9.15. The Labute approximate surface area is 111 Å². The van der Waals surface area contributed by atoms with Crippen molar-refractivity contribution in [1.29, 1.82) is 0 Å². The minimum atomic E-state index is 0.376. The van der Waals surface area contributed by atoms with Gasteiger partial charge in [0, 0.05) is 17.3 Å². The lowest BCUT2D eigenvalue weighted by molar-refractivity contribution is 0.636. The smallest absolute Gasteiger partial charge is 0.215 e. The van der Waals surface area contributed by atoms with E-state index in [9.17, 15) is 0 Å². The molecule has 2 aromatic heterocycles. The normalized spacial score (nSPS) is 10.8. The molecular weight excluding hydrogens is 238 g/mol. The van der Waals surface area contributed by atoms with Crippen molar-refractivity contribution in [2.75, 3.05) is 11.1 Å². The summed E-state index contributed by atoms with van der Waals surface area (Å²) >= 11 is 0. The minimum absolute atomic E-state index is 0.376. The number of benzene rings is 1. The molecule has 4 heteroatoms. The number of hydrogen-bond donors (Lipinski definition) is 2. The molecule has 2 heterocycles. The van der Waals surface area contributed by atoms with Gasteiger partial charge < -0.3 is 15.5 Å². The number of nitrogen functional groups attached to an aromatic ring is 1. The maximum Gasteiger partial charge on any atom is 0.215 e. The summed E-state index contributed by atoms with van der Waals surface area (Å²) in [5.74, 6) is 0.376. The number of aryl methyl sites for hydroxylation is 2. The highest BCUT2D eigenvalue weighted by atomic mass is 16.3. The van der Waals surface area contributed by atoms with Crippen molar-refractivity contribution in [2.45, 2.75) is 13.8 Å². The minimum Gasteiger partial charge on any atom is -0.437 e. The van der Waals surface area contributed by atoms with Crippen molar-refractivity contribution < 1.29 is 4.42 Å². The SMILES string of the molecule is Cc1ccc(Nc2c(N)oc3cnccc23)cc1C. The first kappa shape index (κ1) is 11.6. The van der Waals surface area contributed by atoms with Gasteiger partial charge in [-0.2, -0.15) is 0 Å². The van der Waals surface area contributed by atoms with Crippen LogP contribution in [0.3, 0.4) is 0 Å². The number of rotatable bonds is 2. The van der Waals surface area contributed by atoms with Crippen LogP contribution in [0.4, 0.5) is 17.3 Å². The van der Waals surface area contributed by atoms with E-state index in [1.165, 1.54) is 11.1 Å². The van der Waals surface area contributed by atoms with E-state index in [-0.39, 0.29) is 0 Å². The average molecular weight is 253 g/mol. The summed E-state index contributed by atoms with van der Waals surface area (Å²) in [7, 11) is 0. The molecule has 0 atom stereocenters. The number of anilines is 3. The second-order valence-corrected chi connectivity index (χ2v) is 4.64. The molecule has 0 fully saturated rings. The highest BCUT2D eigenvalue weighted by molar-refractivity contribution is 5.97. The fraction of sp³-hybridized carbons (Fsp3) is 0.133. The summed E-state index contributed by atoms with van der Waals surface area (Å²) < 4.78 is 5.48. The third kappa shape index (κ3) is 2.01. The van der Waals surface area contributed by atoms with E-state index in [0.29, 0.717) is 11.5 Å². The molecule has 0 radical (unpaired) electrons. The molecule has 1 aromatic carbocycles. The zero-order valence-corrected chi connectivity index (χ0v) is 10.9. The van der Waals surface area contributed by atoms with Crippen LogP contribution in [0.25, 0.3) is 11.0 Å². The second kappa shape index (κ2) is 4.31. The van der Waals surface area contributed by atoms with Crippen LogP contribution in [-0.2, 0) is 0 Å². The zero-order valence-electron chi connectivity index (χ0n) is 10.9. The molecule has 0 saturated heterocycles. The molecule has 0 aliphatic heterocycles. The quantitative estimate of drug-likeness (QED) is 0.729. The first-order valence-electron chi connectivity index (χ1n) is 6.11. The summed E-state index contributed by atoms with van der Waals surface area (Å²) in [6.07, 6.45) is 3.39. The fourth-order valence-electron chi connectivity index (χ4n) is 2.06. The third-order valence-corrected chi connectivity index (χ3v) is 3.30. The number of furan rings is 1. The summed E-state index contributed by atoms with van der Waals surface area (Å²) in [5.41, 5.74) is 10.9. The van der Waals surface area contributed by atoms with Crippen LogP contribution in [0, 0.1) is 13.8 Å². The van der Waals surface area contributed by atoms with Gasteiger partial charge in [-0.15, -0.1) is 0 Å². The molecule has 96 valence electrons. The molecule has 0 spiro atoms. The van der Waals surface area contributed by atoms with E-state index in [1.54, 1.807) is 12.4 Å². The fourth-order valence-corrected chi connectivity index (χ4v) is 2.06. The van der Waals surface area contributed by atoms with Gasteiger partial charge in [-0.3, -0.25) is 4.98 Å². The maximum absolute atomic E-state index is 5.91. The number of pyridine rings is 1. The van der Waals surface area contributed by atoms with Crippen LogP contribution in [0.5, 0.6) is 0 Å². The van der Waals surface area contributed by atoms with E-state index in [2.05, 4.69) is 36.3 Å². The van der Waals surface area contributed by atoms with E-state index in [1.807, 2.05) is 12.1 Å². The van der Waals surface area contributed by atoms with Crippen LogP contribution >= 0.6 is 0 Å². The molecular formula is C15H15N3O. The number of fused-ring (bicyclic) bond motifs is 1. The van der Waals surface area contributed by atoms with Crippen molar-refractivity contribution in [1.82, 2.24) is 4.98 Å². The van der Waals surface area contributed by atoms with E-state index < -0.39 is 0 Å². The van der Waals surface area contributed by atoms with Crippen LogP contribution in [0.1, 0.15) is 11.1 Å². The first-order valence-corrected chi connectivity index (χ1v) is 6.11. The number of nitrogens with zero attached hydrogens (tertiary/aromatic N) is 1. The largest absolute Gasteiger partial charge is 0.437 e. The Hall–Kier alpha value is -2.49. The van der Waals surface area contributed by atoms with Crippen LogP contribution in [-0.4, -0.2) is 4.98 Å². The van der Waals surface area contributed by atoms with Gasteiger partial charge in [0.25, 0.3) is 0 Å². The second-order valence-electron chi connectivity index (χ2n) is 4.64. The molecule has 0 amide bonds. The number of nitrogens with two attached hydrogens (primary N) is 1. The highest BCUT2D eigenvalue weighted by Crippen LogP contribution is 2.34. The predicted molar refractivity (Wildman–Crippen MR) is 77.6 cm³/mol. The Morgan fingerprint density at radius 1 is 1.16 bits per heavy atom. The lowest BCUT2D eigenvalue weighted by Gasteiger charge is -2.08. The van der Waals surface area contributed by atoms with Crippen LogP contribution in [0.2, 0.25) is 0 Å². The average Bonchev–Trinajstić information content (AvgIpc) is 2.71. The maximum atomic E-state index is 5.91. The number of nitrogens with one attached hydrogen (secondary N) is 1. The monoisotopic (exact) mass is 253 g/mol. The molecule has 0 aliphatic rings. The summed E-state index contributed by atoms with van der Waals surface area (Å²) in [4.78, 5) is 4.02. The molecule has 3 N–H and O–H groups in total. The summed E-state index contributed by atoms with van der Waals surface area (Å²) in [5, 5.41) is 4.25. The molecule has 0 aliphatic carbocycles.